The zero-order chi connectivity index (χ0) is 18.6. The van der Waals surface area contributed by atoms with Gasteiger partial charge in [0.15, 0.2) is 0 Å². The average Bonchev–Trinajstić information content (AvgIpc) is 2.63. The number of nitrogens with one attached hydrogen (secondary N) is 1. The summed E-state index contributed by atoms with van der Waals surface area (Å²) in [4.78, 5) is 13.0. The maximum absolute atomic E-state index is 13.0. The fourth-order valence-corrected chi connectivity index (χ4v) is 6.72. The van der Waals surface area contributed by atoms with Crippen LogP contribution in [0.4, 0.5) is 0 Å². The molecule has 4 aliphatic carbocycles. The lowest BCUT2D eigenvalue weighted by Crippen LogP contribution is -2.64. The van der Waals surface area contributed by atoms with Crippen LogP contribution < -0.4 is 5.32 Å². The Morgan fingerprint density at radius 3 is 2.30 bits per heavy atom. The van der Waals surface area contributed by atoms with Gasteiger partial charge < -0.3 is 5.32 Å². The Bertz CT molecular complexity index is 870. The quantitative estimate of drug-likeness (QED) is 0.789. The van der Waals surface area contributed by atoms with Gasteiger partial charge in [-0.25, -0.2) is 0 Å². The highest BCUT2D eigenvalue weighted by molar-refractivity contribution is 5.94. The van der Waals surface area contributed by atoms with Crippen molar-refractivity contribution in [3.05, 3.63) is 70.8 Å². The SMILES string of the molecule is Cc1ccc(C23CC4CC(CC(NC(=O)c5ccccc5)(C4)C2)C3)cc1C. The standard InChI is InChI=1S/C25H29NO/c1-17-8-9-22(10-18(17)2)24-12-19-11-20(13-24)15-25(14-19,16-24)26-23(27)21-6-4-3-5-7-21/h3-10,19-20H,11-16H2,1-2H3,(H,26,27). The normalized spacial score (nSPS) is 33.9. The molecule has 1 N–H and O–H groups in total. The van der Waals surface area contributed by atoms with E-state index in [0.717, 1.165) is 36.7 Å². The van der Waals surface area contributed by atoms with Crippen molar-refractivity contribution in [2.45, 2.75) is 63.3 Å². The Morgan fingerprint density at radius 2 is 1.63 bits per heavy atom. The van der Waals surface area contributed by atoms with Crippen molar-refractivity contribution in [2.24, 2.45) is 11.8 Å². The second-order valence-corrected chi connectivity index (χ2v) is 9.64. The van der Waals surface area contributed by atoms with Crippen molar-refractivity contribution in [1.82, 2.24) is 5.32 Å². The van der Waals surface area contributed by atoms with Crippen molar-refractivity contribution >= 4 is 5.91 Å². The molecule has 4 aliphatic rings. The molecule has 27 heavy (non-hydrogen) atoms. The summed E-state index contributed by atoms with van der Waals surface area (Å²) in [5.74, 6) is 1.61. The van der Waals surface area contributed by atoms with Gasteiger partial charge in [-0.15, -0.1) is 0 Å². The van der Waals surface area contributed by atoms with Crippen molar-refractivity contribution in [1.29, 1.82) is 0 Å². The number of hydrogen-bond donors (Lipinski definition) is 1. The Kier molecular flexibility index (Phi) is 3.76. The molecule has 4 fully saturated rings. The minimum Gasteiger partial charge on any atom is -0.347 e. The summed E-state index contributed by atoms with van der Waals surface area (Å²) in [6, 6.07) is 16.8. The van der Waals surface area contributed by atoms with Crippen LogP contribution in [0.2, 0.25) is 0 Å². The van der Waals surface area contributed by atoms with Crippen LogP contribution in [0.5, 0.6) is 0 Å². The van der Waals surface area contributed by atoms with E-state index >= 15 is 0 Å². The topological polar surface area (TPSA) is 29.1 Å². The zero-order valence-corrected chi connectivity index (χ0v) is 16.4. The number of aryl methyl sites for hydroxylation is 2. The van der Waals surface area contributed by atoms with Crippen LogP contribution >= 0.6 is 0 Å². The largest absolute Gasteiger partial charge is 0.347 e. The highest BCUT2D eigenvalue weighted by Crippen LogP contribution is 2.62. The van der Waals surface area contributed by atoms with Crippen LogP contribution in [0, 0.1) is 25.7 Å². The van der Waals surface area contributed by atoms with Crippen LogP contribution in [0.1, 0.15) is 65.6 Å². The van der Waals surface area contributed by atoms with Crippen LogP contribution in [-0.4, -0.2) is 11.4 Å². The van der Waals surface area contributed by atoms with E-state index in [1.54, 1.807) is 0 Å². The third-order valence-electron chi connectivity index (χ3n) is 7.60. The van der Waals surface area contributed by atoms with Crippen LogP contribution in [-0.2, 0) is 5.41 Å². The molecule has 1 amide bonds. The van der Waals surface area contributed by atoms with Gasteiger partial charge in [0, 0.05) is 11.1 Å². The van der Waals surface area contributed by atoms with Crippen LogP contribution in [0.15, 0.2) is 48.5 Å². The molecular formula is C25H29NO. The van der Waals surface area contributed by atoms with Gasteiger partial charge in [-0.1, -0.05) is 36.4 Å². The van der Waals surface area contributed by atoms with Crippen molar-refractivity contribution in [3.63, 3.8) is 0 Å². The van der Waals surface area contributed by atoms with Crippen molar-refractivity contribution in [2.75, 3.05) is 0 Å². The maximum Gasteiger partial charge on any atom is 0.251 e. The first-order valence-electron chi connectivity index (χ1n) is 10.4. The maximum atomic E-state index is 13.0. The second-order valence-electron chi connectivity index (χ2n) is 9.64. The van der Waals surface area contributed by atoms with Gasteiger partial charge in [0.25, 0.3) is 5.91 Å². The lowest BCUT2D eigenvalue weighted by molar-refractivity contribution is -0.0371. The van der Waals surface area contributed by atoms with Gasteiger partial charge in [-0.3, -0.25) is 4.79 Å². The van der Waals surface area contributed by atoms with E-state index < -0.39 is 0 Å². The smallest absolute Gasteiger partial charge is 0.251 e. The average molecular weight is 360 g/mol. The molecule has 0 aromatic heterocycles. The molecule has 0 saturated heterocycles. The van der Waals surface area contributed by atoms with Gasteiger partial charge in [-0.2, -0.15) is 0 Å². The Hall–Kier alpha value is -2.09. The second kappa shape index (κ2) is 5.95. The Morgan fingerprint density at radius 1 is 0.926 bits per heavy atom. The summed E-state index contributed by atoms with van der Waals surface area (Å²) in [5.41, 5.74) is 5.30. The van der Waals surface area contributed by atoms with Gasteiger partial charge in [0.2, 0.25) is 0 Å². The highest BCUT2D eigenvalue weighted by atomic mass is 16.1. The molecular weight excluding hydrogens is 330 g/mol. The molecule has 6 rings (SSSR count). The molecule has 0 spiro atoms. The molecule has 2 heteroatoms. The molecule has 2 unspecified atom stereocenters. The van der Waals surface area contributed by atoms with E-state index in [4.69, 9.17) is 0 Å². The van der Waals surface area contributed by atoms with E-state index in [2.05, 4.69) is 37.4 Å². The number of carbonyl (C=O) groups excluding carboxylic acids is 1. The molecule has 0 radical (unpaired) electrons. The summed E-state index contributed by atoms with van der Waals surface area (Å²) in [6.07, 6.45) is 7.39. The summed E-state index contributed by atoms with van der Waals surface area (Å²) >= 11 is 0. The van der Waals surface area contributed by atoms with E-state index in [-0.39, 0.29) is 16.9 Å². The molecule has 2 nitrogen and oxygen atoms in total. The van der Waals surface area contributed by atoms with Gasteiger partial charge in [0.1, 0.15) is 0 Å². The minimum atomic E-state index is -0.0181. The zero-order valence-electron chi connectivity index (χ0n) is 16.4. The molecule has 2 aromatic rings. The molecule has 4 bridgehead atoms. The molecule has 4 saturated carbocycles. The Labute approximate surface area is 162 Å². The molecule has 2 atom stereocenters. The van der Waals surface area contributed by atoms with Gasteiger partial charge in [-0.05, 0) is 98.4 Å². The first-order chi connectivity index (χ1) is 13.0. The Balaban J connectivity index is 1.48. The number of hydrogen-bond acceptors (Lipinski definition) is 1. The van der Waals surface area contributed by atoms with Crippen LogP contribution in [0.25, 0.3) is 0 Å². The van der Waals surface area contributed by atoms with Crippen molar-refractivity contribution < 1.29 is 4.79 Å². The summed E-state index contributed by atoms with van der Waals surface area (Å²) < 4.78 is 0. The van der Waals surface area contributed by atoms with E-state index in [1.165, 1.54) is 36.0 Å². The highest BCUT2D eigenvalue weighted by Gasteiger charge is 2.58. The summed E-state index contributed by atoms with van der Waals surface area (Å²) in [7, 11) is 0. The van der Waals surface area contributed by atoms with Crippen molar-refractivity contribution in [3.8, 4) is 0 Å². The number of benzene rings is 2. The third kappa shape index (κ3) is 2.81. The number of carbonyl (C=O) groups is 1. The lowest BCUT2D eigenvalue weighted by atomic mass is 9.45. The van der Waals surface area contributed by atoms with Crippen LogP contribution in [0.3, 0.4) is 0 Å². The van der Waals surface area contributed by atoms with E-state index in [0.29, 0.717) is 0 Å². The monoisotopic (exact) mass is 359 g/mol. The van der Waals surface area contributed by atoms with E-state index in [9.17, 15) is 4.79 Å². The van der Waals surface area contributed by atoms with Gasteiger partial charge >= 0.3 is 0 Å². The fraction of sp³-hybridized carbons (Fsp3) is 0.480. The molecule has 140 valence electrons. The predicted octanol–water partition coefficient (Wildman–Crippen LogP) is 5.32. The molecule has 2 aromatic carbocycles. The molecule has 0 heterocycles. The van der Waals surface area contributed by atoms with Gasteiger partial charge in [0.05, 0.1) is 0 Å². The lowest BCUT2D eigenvalue weighted by Gasteiger charge is -2.62. The first kappa shape index (κ1) is 17.0. The number of amides is 1. The van der Waals surface area contributed by atoms with E-state index in [1.807, 2.05) is 30.3 Å². The summed E-state index contributed by atoms with van der Waals surface area (Å²) in [5, 5.41) is 3.52. The summed E-state index contributed by atoms with van der Waals surface area (Å²) in [6.45, 7) is 4.42. The fourth-order valence-electron chi connectivity index (χ4n) is 6.72. The first-order valence-corrected chi connectivity index (χ1v) is 10.4. The minimum absolute atomic E-state index is 0.0181. The predicted molar refractivity (Wildman–Crippen MR) is 109 cm³/mol. The number of rotatable bonds is 3. The molecule has 0 aliphatic heterocycles. The third-order valence-corrected chi connectivity index (χ3v) is 7.60.